The molecule has 2 aromatic carbocycles. The Kier molecular flexibility index (Phi) is 4.18. The van der Waals surface area contributed by atoms with Gasteiger partial charge in [-0.25, -0.2) is 9.97 Å². The predicted molar refractivity (Wildman–Crippen MR) is 112 cm³/mol. The highest BCUT2D eigenvalue weighted by Gasteiger charge is 2.14. The second-order valence-electron chi connectivity index (χ2n) is 6.46. The first-order chi connectivity index (χ1) is 14.2. The average Bonchev–Trinajstić information content (AvgIpc) is 3.47. The van der Waals surface area contributed by atoms with Crippen LogP contribution in [0.3, 0.4) is 0 Å². The van der Waals surface area contributed by atoms with Gasteiger partial charge in [0.05, 0.1) is 6.20 Å². The Labute approximate surface area is 169 Å². The van der Waals surface area contributed by atoms with Crippen molar-refractivity contribution in [2.45, 2.75) is 0 Å². The first-order valence-corrected chi connectivity index (χ1v) is 9.75. The van der Waals surface area contributed by atoms with Crippen LogP contribution in [0.2, 0.25) is 0 Å². The van der Waals surface area contributed by atoms with Gasteiger partial charge in [-0.3, -0.25) is 9.48 Å². The van der Waals surface area contributed by atoms with Crippen LogP contribution in [0.15, 0.2) is 70.7 Å². The molecule has 0 bridgehead atoms. The van der Waals surface area contributed by atoms with Crippen molar-refractivity contribution >= 4 is 34.0 Å². The van der Waals surface area contributed by atoms with E-state index in [1.165, 1.54) is 11.3 Å². The van der Waals surface area contributed by atoms with Gasteiger partial charge in [0, 0.05) is 35.4 Å². The average molecular weight is 401 g/mol. The minimum Gasteiger partial charge on any atom is -0.436 e. The molecule has 0 aliphatic rings. The number of nitrogens with zero attached hydrogens (tertiary/aromatic N) is 4. The number of hydrogen-bond acceptors (Lipinski definition) is 6. The van der Waals surface area contributed by atoms with Crippen molar-refractivity contribution in [1.82, 2.24) is 19.7 Å². The van der Waals surface area contributed by atoms with E-state index in [0.29, 0.717) is 17.3 Å². The number of oxazole rings is 1. The fourth-order valence-electron chi connectivity index (χ4n) is 2.93. The Balaban J connectivity index is 1.32. The Morgan fingerprint density at radius 2 is 1.90 bits per heavy atom. The molecule has 3 aromatic heterocycles. The Bertz CT molecular complexity index is 1280. The lowest BCUT2D eigenvalue weighted by Crippen LogP contribution is -2.12. The van der Waals surface area contributed by atoms with Crippen LogP contribution in [0.5, 0.6) is 0 Å². The number of carbonyl (C=O) groups excluding carboxylic acids is 1. The molecule has 142 valence electrons. The fourth-order valence-corrected chi connectivity index (χ4v) is 3.70. The third-order valence-corrected chi connectivity index (χ3v) is 5.26. The highest BCUT2D eigenvalue weighted by atomic mass is 32.1. The van der Waals surface area contributed by atoms with Crippen LogP contribution in [0.1, 0.15) is 10.5 Å². The van der Waals surface area contributed by atoms with Gasteiger partial charge in [0.25, 0.3) is 5.91 Å². The number of para-hydroxylation sites is 2. The van der Waals surface area contributed by atoms with Gasteiger partial charge in [0.15, 0.2) is 5.58 Å². The molecule has 0 atom stereocenters. The molecule has 8 heteroatoms. The molecule has 0 unspecified atom stereocenters. The van der Waals surface area contributed by atoms with Gasteiger partial charge in [-0.1, -0.05) is 12.1 Å². The van der Waals surface area contributed by atoms with E-state index in [1.54, 1.807) is 16.3 Å². The smallest absolute Gasteiger partial charge is 0.275 e. The first-order valence-electron chi connectivity index (χ1n) is 8.87. The molecule has 7 nitrogen and oxygen atoms in total. The summed E-state index contributed by atoms with van der Waals surface area (Å²) < 4.78 is 7.48. The lowest BCUT2D eigenvalue weighted by Gasteiger charge is -2.03. The summed E-state index contributed by atoms with van der Waals surface area (Å²) in [6.07, 6.45) is 3.59. The monoisotopic (exact) mass is 401 g/mol. The summed E-state index contributed by atoms with van der Waals surface area (Å²) >= 11 is 1.41. The largest absolute Gasteiger partial charge is 0.436 e. The lowest BCUT2D eigenvalue weighted by molar-refractivity contribution is 0.102. The number of hydrogen-bond donors (Lipinski definition) is 1. The maximum Gasteiger partial charge on any atom is 0.275 e. The van der Waals surface area contributed by atoms with Crippen LogP contribution < -0.4 is 5.32 Å². The van der Waals surface area contributed by atoms with E-state index in [2.05, 4.69) is 20.4 Å². The van der Waals surface area contributed by atoms with Crippen molar-refractivity contribution in [3.05, 3.63) is 72.0 Å². The number of benzene rings is 2. The summed E-state index contributed by atoms with van der Waals surface area (Å²) in [7, 11) is 1.84. The molecule has 0 fully saturated rings. The van der Waals surface area contributed by atoms with E-state index in [0.717, 1.165) is 27.2 Å². The molecule has 3 heterocycles. The zero-order valence-electron chi connectivity index (χ0n) is 15.4. The standard InChI is InChI=1S/C21H15N5O2S/c1-26-11-14(10-22-26)21-25-17(12-29-21)19(27)23-15-8-6-13(7-9-15)20-24-16-4-2-3-5-18(16)28-20/h2-12H,1H3,(H,23,27). The number of nitrogens with one attached hydrogen (secondary N) is 1. The summed E-state index contributed by atoms with van der Waals surface area (Å²) in [5, 5.41) is 9.50. The summed E-state index contributed by atoms with van der Waals surface area (Å²) in [4.78, 5) is 21.4. The fraction of sp³-hybridized carbons (Fsp3) is 0.0476. The SMILES string of the molecule is Cn1cc(-c2nc(C(=O)Nc3ccc(-c4nc5ccccc5o4)cc3)cs2)cn1. The molecule has 0 aliphatic carbocycles. The van der Waals surface area contributed by atoms with Gasteiger partial charge in [0.1, 0.15) is 16.2 Å². The van der Waals surface area contributed by atoms with Gasteiger partial charge < -0.3 is 9.73 Å². The van der Waals surface area contributed by atoms with Gasteiger partial charge in [0.2, 0.25) is 5.89 Å². The van der Waals surface area contributed by atoms with Crippen molar-refractivity contribution < 1.29 is 9.21 Å². The molecule has 0 spiro atoms. The van der Waals surface area contributed by atoms with Crippen LogP contribution in [-0.2, 0) is 7.05 Å². The van der Waals surface area contributed by atoms with E-state index >= 15 is 0 Å². The third-order valence-electron chi connectivity index (χ3n) is 4.37. The maximum absolute atomic E-state index is 12.5. The molecule has 5 rings (SSSR count). The zero-order chi connectivity index (χ0) is 19.8. The van der Waals surface area contributed by atoms with Gasteiger partial charge in [-0.05, 0) is 36.4 Å². The Morgan fingerprint density at radius 1 is 1.07 bits per heavy atom. The van der Waals surface area contributed by atoms with Crippen LogP contribution in [-0.4, -0.2) is 25.7 Å². The zero-order valence-corrected chi connectivity index (χ0v) is 16.2. The van der Waals surface area contributed by atoms with Gasteiger partial charge in [-0.15, -0.1) is 11.3 Å². The van der Waals surface area contributed by atoms with E-state index in [1.807, 2.05) is 61.8 Å². The summed E-state index contributed by atoms with van der Waals surface area (Å²) in [6.45, 7) is 0. The summed E-state index contributed by atoms with van der Waals surface area (Å²) in [5.41, 5.74) is 4.33. The molecule has 0 aliphatic heterocycles. The number of amides is 1. The molecule has 29 heavy (non-hydrogen) atoms. The van der Waals surface area contributed by atoms with Gasteiger partial charge >= 0.3 is 0 Å². The predicted octanol–water partition coefficient (Wildman–Crippen LogP) is 4.60. The molecule has 5 aromatic rings. The minimum atomic E-state index is -0.258. The van der Waals surface area contributed by atoms with E-state index in [4.69, 9.17) is 4.42 Å². The second kappa shape index (κ2) is 6.99. The normalized spacial score (nSPS) is 11.1. The van der Waals surface area contributed by atoms with Crippen molar-refractivity contribution in [3.63, 3.8) is 0 Å². The molecule has 0 saturated carbocycles. The summed E-state index contributed by atoms with van der Waals surface area (Å²) in [5.74, 6) is 0.288. The summed E-state index contributed by atoms with van der Waals surface area (Å²) in [6, 6.07) is 15.0. The molecular formula is C21H15N5O2S. The molecule has 1 amide bonds. The highest BCUT2D eigenvalue weighted by molar-refractivity contribution is 7.13. The lowest BCUT2D eigenvalue weighted by atomic mass is 10.2. The Morgan fingerprint density at radius 3 is 2.66 bits per heavy atom. The minimum absolute atomic E-state index is 0.258. The van der Waals surface area contributed by atoms with E-state index < -0.39 is 0 Å². The van der Waals surface area contributed by atoms with Crippen molar-refractivity contribution in [3.8, 4) is 22.0 Å². The first kappa shape index (κ1) is 17.3. The number of thiazole rings is 1. The third kappa shape index (κ3) is 3.41. The van der Waals surface area contributed by atoms with Crippen LogP contribution in [0.4, 0.5) is 5.69 Å². The van der Waals surface area contributed by atoms with Crippen molar-refractivity contribution in [1.29, 1.82) is 0 Å². The number of aromatic nitrogens is 4. The number of rotatable bonds is 4. The maximum atomic E-state index is 12.5. The highest BCUT2D eigenvalue weighted by Crippen LogP contribution is 2.26. The van der Waals surface area contributed by atoms with Crippen LogP contribution in [0.25, 0.3) is 33.1 Å². The van der Waals surface area contributed by atoms with E-state index in [-0.39, 0.29) is 5.91 Å². The molecule has 0 radical (unpaired) electrons. The molecule has 1 N–H and O–H groups in total. The van der Waals surface area contributed by atoms with Gasteiger partial charge in [-0.2, -0.15) is 5.10 Å². The van der Waals surface area contributed by atoms with Crippen molar-refractivity contribution in [2.75, 3.05) is 5.32 Å². The van der Waals surface area contributed by atoms with Crippen molar-refractivity contribution in [2.24, 2.45) is 7.05 Å². The topological polar surface area (TPSA) is 85.8 Å². The van der Waals surface area contributed by atoms with Crippen LogP contribution in [0, 0.1) is 0 Å². The van der Waals surface area contributed by atoms with Crippen LogP contribution >= 0.6 is 11.3 Å². The number of aryl methyl sites for hydroxylation is 1. The number of carbonyl (C=O) groups is 1. The van der Waals surface area contributed by atoms with E-state index in [9.17, 15) is 4.79 Å². The number of fused-ring (bicyclic) bond motifs is 1. The quantitative estimate of drug-likeness (QED) is 0.475. The molecule has 0 saturated heterocycles. The molecular weight excluding hydrogens is 386 g/mol. The second-order valence-corrected chi connectivity index (χ2v) is 7.32. The number of anilines is 1. The Hall–Kier alpha value is -3.78.